The van der Waals surface area contributed by atoms with Crippen molar-refractivity contribution in [2.24, 2.45) is 23.2 Å². The first-order chi connectivity index (χ1) is 8.54. The minimum atomic E-state index is -0.209. The number of aliphatic hydroxyl groups is 1. The second-order valence-electron chi connectivity index (χ2n) is 6.51. The van der Waals surface area contributed by atoms with Crippen LogP contribution in [0.4, 0.5) is 0 Å². The van der Waals surface area contributed by atoms with E-state index in [2.05, 4.69) is 20.8 Å². The first-order valence-corrected chi connectivity index (χ1v) is 7.42. The third-order valence-corrected chi connectivity index (χ3v) is 5.50. The molecule has 2 aliphatic carbocycles. The first kappa shape index (κ1) is 13.6. The summed E-state index contributed by atoms with van der Waals surface area (Å²) in [5.41, 5.74) is 0.442. The number of carbonyl (C=O) groups excluding carboxylic acids is 1. The Hall–Kier alpha value is -0.790. The zero-order valence-corrected chi connectivity index (χ0v) is 11.9. The van der Waals surface area contributed by atoms with Crippen molar-refractivity contribution in [2.45, 2.75) is 59.3 Å². The van der Waals surface area contributed by atoms with Crippen molar-refractivity contribution >= 4 is 5.78 Å². The average molecular weight is 250 g/mol. The number of hydrogen-bond donors (Lipinski definition) is 1. The van der Waals surface area contributed by atoms with E-state index in [0.717, 1.165) is 37.9 Å². The summed E-state index contributed by atoms with van der Waals surface area (Å²) in [6.07, 6.45) is 7.49. The van der Waals surface area contributed by atoms with E-state index in [0.29, 0.717) is 17.4 Å². The van der Waals surface area contributed by atoms with Crippen LogP contribution in [0.3, 0.4) is 0 Å². The molecule has 2 saturated carbocycles. The summed E-state index contributed by atoms with van der Waals surface area (Å²) >= 11 is 0. The van der Waals surface area contributed by atoms with E-state index in [1.54, 1.807) is 0 Å². The quantitative estimate of drug-likeness (QED) is 0.587. The molecular weight excluding hydrogens is 224 g/mol. The van der Waals surface area contributed by atoms with Crippen LogP contribution in [0.25, 0.3) is 0 Å². The largest absolute Gasteiger partial charge is 0.515 e. The molecule has 0 heterocycles. The van der Waals surface area contributed by atoms with E-state index in [4.69, 9.17) is 0 Å². The number of carbonyl (C=O) groups is 1. The predicted octanol–water partition coefficient (Wildman–Crippen LogP) is 4.26. The van der Waals surface area contributed by atoms with Gasteiger partial charge in [0.25, 0.3) is 0 Å². The molecular formula is C16H26O2. The van der Waals surface area contributed by atoms with Crippen molar-refractivity contribution in [1.29, 1.82) is 0 Å². The second kappa shape index (κ2) is 5.07. The third kappa shape index (κ3) is 2.00. The third-order valence-electron chi connectivity index (χ3n) is 5.50. The molecule has 1 unspecified atom stereocenters. The van der Waals surface area contributed by atoms with Crippen LogP contribution in [0.1, 0.15) is 59.3 Å². The van der Waals surface area contributed by atoms with Crippen LogP contribution in [0.5, 0.6) is 0 Å². The summed E-state index contributed by atoms with van der Waals surface area (Å²) in [7, 11) is 0. The van der Waals surface area contributed by atoms with Crippen LogP contribution in [0.15, 0.2) is 11.8 Å². The molecule has 0 bridgehead atoms. The molecule has 0 aromatic heterocycles. The van der Waals surface area contributed by atoms with Gasteiger partial charge in [0.1, 0.15) is 0 Å². The summed E-state index contributed by atoms with van der Waals surface area (Å²) in [6.45, 7) is 6.72. The molecule has 0 aromatic carbocycles. The van der Waals surface area contributed by atoms with Crippen molar-refractivity contribution in [3.05, 3.63) is 11.8 Å². The van der Waals surface area contributed by atoms with Crippen LogP contribution >= 0.6 is 0 Å². The van der Waals surface area contributed by atoms with E-state index < -0.39 is 0 Å². The van der Waals surface area contributed by atoms with E-state index in [9.17, 15) is 9.90 Å². The molecule has 0 aromatic rings. The van der Waals surface area contributed by atoms with Crippen molar-refractivity contribution < 1.29 is 9.90 Å². The number of hydrogen-bond acceptors (Lipinski definition) is 2. The van der Waals surface area contributed by atoms with Crippen molar-refractivity contribution in [3.63, 3.8) is 0 Å². The Morgan fingerprint density at radius 2 is 2.17 bits per heavy atom. The highest BCUT2D eigenvalue weighted by Gasteiger charge is 2.51. The lowest BCUT2D eigenvalue weighted by Gasteiger charge is -2.51. The van der Waals surface area contributed by atoms with Gasteiger partial charge in [0.15, 0.2) is 5.78 Å². The summed E-state index contributed by atoms with van der Waals surface area (Å²) in [5, 5.41) is 9.20. The molecule has 2 rings (SSSR count). The molecule has 2 nitrogen and oxygen atoms in total. The van der Waals surface area contributed by atoms with Gasteiger partial charge in [-0.3, -0.25) is 4.79 Å². The topological polar surface area (TPSA) is 37.3 Å². The fourth-order valence-corrected chi connectivity index (χ4v) is 4.34. The summed E-state index contributed by atoms with van der Waals surface area (Å²) < 4.78 is 0. The maximum atomic E-state index is 12.5. The maximum Gasteiger partial charge on any atom is 0.168 e. The van der Waals surface area contributed by atoms with Gasteiger partial charge in [-0.15, -0.1) is 0 Å². The fourth-order valence-electron chi connectivity index (χ4n) is 4.34. The molecule has 1 N–H and O–H groups in total. The molecule has 2 fully saturated rings. The highest BCUT2D eigenvalue weighted by atomic mass is 16.2. The molecule has 18 heavy (non-hydrogen) atoms. The number of fused-ring (bicyclic) bond motifs is 1. The standard InChI is InChI=1S/C16H26O2/c1-4-5-13-11(2)8-9-16(3)14(13)7-6-12(10-17)15(16)18/h10-11,13-14,17H,4-9H2,1-3H3/b12-10-/t11?,13-,14+,16+/m0/s1. The zero-order chi connectivity index (χ0) is 13.3. The van der Waals surface area contributed by atoms with Gasteiger partial charge < -0.3 is 5.11 Å². The highest BCUT2D eigenvalue weighted by Crippen LogP contribution is 2.54. The van der Waals surface area contributed by atoms with E-state index in [1.165, 1.54) is 12.8 Å². The molecule has 0 aliphatic heterocycles. The lowest BCUT2D eigenvalue weighted by Crippen LogP contribution is -2.48. The maximum absolute atomic E-state index is 12.5. The van der Waals surface area contributed by atoms with Gasteiger partial charge in [-0.1, -0.05) is 33.6 Å². The minimum absolute atomic E-state index is 0.209. The van der Waals surface area contributed by atoms with Crippen molar-refractivity contribution in [2.75, 3.05) is 0 Å². The Bertz CT molecular complexity index is 358. The molecule has 2 heteroatoms. The highest BCUT2D eigenvalue weighted by molar-refractivity contribution is 6.00. The van der Waals surface area contributed by atoms with Crippen LogP contribution in [-0.4, -0.2) is 10.9 Å². The Morgan fingerprint density at radius 1 is 1.44 bits per heavy atom. The molecule has 0 spiro atoms. The summed E-state index contributed by atoms with van der Waals surface area (Å²) in [5.74, 6) is 2.18. The van der Waals surface area contributed by atoms with Crippen LogP contribution in [-0.2, 0) is 4.79 Å². The molecule has 0 saturated heterocycles. The number of Topliss-reactive ketones (excluding diaryl/α,β-unsaturated/α-hetero) is 1. The monoisotopic (exact) mass is 250 g/mol. The van der Waals surface area contributed by atoms with E-state index in [1.807, 2.05) is 0 Å². The van der Waals surface area contributed by atoms with Gasteiger partial charge in [-0.25, -0.2) is 0 Å². The van der Waals surface area contributed by atoms with Gasteiger partial charge in [0.2, 0.25) is 0 Å². The van der Waals surface area contributed by atoms with Crippen LogP contribution in [0.2, 0.25) is 0 Å². The van der Waals surface area contributed by atoms with Crippen molar-refractivity contribution in [1.82, 2.24) is 0 Å². The number of aliphatic hydroxyl groups excluding tert-OH is 1. The number of rotatable bonds is 2. The predicted molar refractivity (Wildman–Crippen MR) is 73.3 cm³/mol. The normalized spacial score (nSPS) is 42.9. The van der Waals surface area contributed by atoms with Gasteiger partial charge >= 0.3 is 0 Å². The summed E-state index contributed by atoms with van der Waals surface area (Å²) in [6, 6.07) is 0. The lowest BCUT2D eigenvalue weighted by atomic mass is 9.52. The Labute approximate surface area is 110 Å². The van der Waals surface area contributed by atoms with Gasteiger partial charge in [0.05, 0.1) is 6.26 Å². The molecule has 4 atom stereocenters. The Kier molecular flexibility index (Phi) is 3.84. The Balaban J connectivity index is 2.29. The lowest BCUT2D eigenvalue weighted by molar-refractivity contribution is -0.136. The molecule has 102 valence electrons. The fraction of sp³-hybridized carbons (Fsp3) is 0.812. The van der Waals surface area contributed by atoms with E-state index in [-0.39, 0.29) is 11.2 Å². The van der Waals surface area contributed by atoms with Gasteiger partial charge in [0, 0.05) is 11.0 Å². The zero-order valence-electron chi connectivity index (χ0n) is 11.9. The van der Waals surface area contributed by atoms with Gasteiger partial charge in [-0.05, 0) is 43.4 Å². The Morgan fingerprint density at radius 3 is 2.78 bits per heavy atom. The first-order valence-electron chi connectivity index (χ1n) is 7.42. The molecule has 0 radical (unpaired) electrons. The molecule has 0 amide bonds. The SMILES string of the molecule is CCC[C@H]1C(C)CC[C@@]2(C)C(=O)/C(=C\O)CC[C@H]12. The minimum Gasteiger partial charge on any atom is -0.515 e. The number of allylic oxidation sites excluding steroid dienone is 1. The van der Waals surface area contributed by atoms with Crippen molar-refractivity contribution in [3.8, 4) is 0 Å². The van der Waals surface area contributed by atoms with Crippen LogP contribution in [0, 0.1) is 23.2 Å². The van der Waals surface area contributed by atoms with E-state index >= 15 is 0 Å². The summed E-state index contributed by atoms with van der Waals surface area (Å²) in [4.78, 5) is 12.5. The number of ketones is 1. The molecule has 2 aliphatic rings. The second-order valence-corrected chi connectivity index (χ2v) is 6.51. The van der Waals surface area contributed by atoms with Crippen LogP contribution < -0.4 is 0 Å². The average Bonchev–Trinajstić information content (AvgIpc) is 2.36. The smallest absolute Gasteiger partial charge is 0.168 e. The van der Waals surface area contributed by atoms with Gasteiger partial charge in [-0.2, -0.15) is 0 Å².